The van der Waals surface area contributed by atoms with Gasteiger partial charge in [0, 0.05) is 26.2 Å². The first-order valence-corrected chi connectivity index (χ1v) is 8.64. The number of carbonyl (C=O) groups excluding carboxylic acids is 1. The lowest BCUT2D eigenvalue weighted by atomic mass is 9.84. The van der Waals surface area contributed by atoms with E-state index in [1.165, 1.54) is 12.1 Å². The number of aliphatic carboxylic acids is 1. The fourth-order valence-electron chi connectivity index (χ4n) is 3.63. The molecule has 0 aliphatic carbocycles. The van der Waals surface area contributed by atoms with E-state index in [1.54, 1.807) is 21.9 Å². The zero-order valence-electron chi connectivity index (χ0n) is 14.0. The average molecular weight is 350 g/mol. The van der Waals surface area contributed by atoms with Crippen LogP contribution in [-0.2, 0) is 10.4 Å². The molecule has 2 N–H and O–H groups in total. The summed E-state index contributed by atoms with van der Waals surface area (Å²) >= 11 is 0. The maximum Gasteiger partial charge on any atom is 0.320 e. The highest BCUT2D eigenvalue weighted by Crippen LogP contribution is 2.33. The Morgan fingerprint density at radius 3 is 2.04 bits per heavy atom. The summed E-state index contributed by atoms with van der Waals surface area (Å²) in [5.41, 5.74) is -0.371. The topological polar surface area (TPSA) is 81.1 Å². The molecule has 0 atom stereocenters. The van der Waals surface area contributed by atoms with Gasteiger partial charge in [-0.2, -0.15) is 0 Å². The molecule has 2 heterocycles. The van der Waals surface area contributed by atoms with Crippen LogP contribution in [-0.4, -0.2) is 58.2 Å². The highest BCUT2D eigenvalue weighted by Gasteiger charge is 2.37. The number of rotatable bonds is 2. The number of halogens is 1. The van der Waals surface area contributed by atoms with Crippen LogP contribution in [0.2, 0.25) is 0 Å². The van der Waals surface area contributed by atoms with Crippen molar-refractivity contribution in [3.8, 4) is 0 Å². The second-order valence-corrected chi connectivity index (χ2v) is 6.91. The summed E-state index contributed by atoms with van der Waals surface area (Å²) < 4.78 is 13.1. The number of hydrogen-bond donors (Lipinski definition) is 2. The van der Waals surface area contributed by atoms with E-state index in [0.29, 0.717) is 57.4 Å². The molecule has 0 unspecified atom stereocenters. The summed E-state index contributed by atoms with van der Waals surface area (Å²) in [4.78, 5) is 27.0. The summed E-state index contributed by atoms with van der Waals surface area (Å²) in [6, 6.07) is 5.74. The minimum Gasteiger partial charge on any atom is -0.481 e. The van der Waals surface area contributed by atoms with Crippen LogP contribution in [0.3, 0.4) is 0 Å². The lowest BCUT2D eigenvalue weighted by molar-refractivity contribution is -0.143. The molecule has 2 saturated heterocycles. The molecule has 0 bridgehead atoms. The quantitative estimate of drug-likeness (QED) is 0.855. The largest absolute Gasteiger partial charge is 0.481 e. The third-order valence-corrected chi connectivity index (χ3v) is 5.36. The van der Waals surface area contributed by atoms with Crippen molar-refractivity contribution in [2.45, 2.75) is 31.3 Å². The van der Waals surface area contributed by atoms with Gasteiger partial charge in [-0.3, -0.25) is 4.79 Å². The Labute approximate surface area is 145 Å². The zero-order valence-corrected chi connectivity index (χ0v) is 14.0. The number of benzene rings is 1. The van der Waals surface area contributed by atoms with E-state index < -0.39 is 11.6 Å². The molecule has 1 aromatic rings. The maximum atomic E-state index is 13.1. The highest BCUT2D eigenvalue weighted by molar-refractivity contribution is 5.75. The van der Waals surface area contributed by atoms with Gasteiger partial charge in [0.25, 0.3) is 0 Å². The molecular weight excluding hydrogens is 327 g/mol. The van der Waals surface area contributed by atoms with Gasteiger partial charge in [-0.15, -0.1) is 0 Å². The SMILES string of the molecule is O=C(O)C1CCN(C(=O)N2CCC(O)(c3ccc(F)cc3)CC2)CC1. The molecule has 2 amide bonds. The number of carboxylic acids is 1. The van der Waals surface area contributed by atoms with E-state index in [4.69, 9.17) is 5.11 Å². The molecule has 0 saturated carbocycles. The Bertz CT molecular complexity index is 633. The molecule has 1 aromatic carbocycles. The van der Waals surface area contributed by atoms with E-state index in [0.717, 1.165) is 0 Å². The maximum absolute atomic E-state index is 13.1. The molecule has 25 heavy (non-hydrogen) atoms. The van der Waals surface area contributed by atoms with E-state index in [9.17, 15) is 19.1 Å². The van der Waals surface area contributed by atoms with Crippen molar-refractivity contribution in [2.24, 2.45) is 5.92 Å². The van der Waals surface area contributed by atoms with Gasteiger partial charge in [0.05, 0.1) is 11.5 Å². The number of urea groups is 1. The second kappa shape index (κ2) is 7.00. The minimum atomic E-state index is -1.04. The number of piperidine rings is 2. The zero-order chi connectivity index (χ0) is 18.0. The smallest absolute Gasteiger partial charge is 0.320 e. The first kappa shape index (κ1) is 17.7. The van der Waals surface area contributed by atoms with Crippen LogP contribution >= 0.6 is 0 Å². The van der Waals surface area contributed by atoms with Crippen molar-refractivity contribution in [3.05, 3.63) is 35.6 Å². The number of nitrogens with zero attached hydrogens (tertiary/aromatic N) is 2. The molecule has 0 aromatic heterocycles. The van der Waals surface area contributed by atoms with Crippen LogP contribution in [0.4, 0.5) is 9.18 Å². The van der Waals surface area contributed by atoms with Crippen LogP contribution in [0, 0.1) is 11.7 Å². The molecule has 2 fully saturated rings. The lowest BCUT2D eigenvalue weighted by Crippen LogP contribution is -2.52. The standard InChI is InChI=1S/C18H23FN2O4/c19-15-3-1-14(2-4-15)18(25)7-11-21(12-8-18)17(24)20-9-5-13(6-10-20)16(22)23/h1-4,13,25H,5-12H2,(H,22,23). The monoisotopic (exact) mass is 350 g/mol. The third-order valence-electron chi connectivity index (χ3n) is 5.36. The van der Waals surface area contributed by atoms with E-state index in [-0.39, 0.29) is 17.8 Å². The molecule has 0 radical (unpaired) electrons. The molecule has 3 rings (SSSR count). The van der Waals surface area contributed by atoms with Gasteiger partial charge in [-0.25, -0.2) is 9.18 Å². The Morgan fingerprint density at radius 2 is 1.52 bits per heavy atom. The number of carboxylic acid groups (broad SMARTS) is 1. The van der Waals surface area contributed by atoms with E-state index in [1.807, 2.05) is 0 Å². The summed E-state index contributed by atoms with van der Waals surface area (Å²) in [5.74, 6) is -1.51. The Morgan fingerprint density at radius 1 is 1.00 bits per heavy atom. The Kier molecular flexibility index (Phi) is 4.94. The first-order chi connectivity index (χ1) is 11.9. The molecule has 0 spiro atoms. The van der Waals surface area contributed by atoms with E-state index in [2.05, 4.69) is 0 Å². The van der Waals surface area contributed by atoms with Crippen molar-refractivity contribution < 1.29 is 24.2 Å². The van der Waals surface area contributed by atoms with Gasteiger partial charge in [-0.1, -0.05) is 12.1 Å². The van der Waals surface area contributed by atoms with Gasteiger partial charge in [-0.05, 0) is 43.4 Å². The van der Waals surface area contributed by atoms with Crippen molar-refractivity contribution in [3.63, 3.8) is 0 Å². The number of likely N-dealkylation sites (tertiary alicyclic amines) is 2. The fourth-order valence-corrected chi connectivity index (χ4v) is 3.63. The lowest BCUT2D eigenvalue weighted by Gasteiger charge is -2.41. The number of carbonyl (C=O) groups is 2. The van der Waals surface area contributed by atoms with Crippen LogP contribution in [0.1, 0.15) is 31.2 Å². The predicted molar refractivity (Wildman–Crippen MR) is 88.4 cm³/mol. The average Bonchev–Trinajstić information content (AvgIpc) is 2.62. The minimum absolute atomic E-state index is 0.0926. The molecular formula is C18H23FN2O4. The number of aliphatic hydroxyl groups is 1. The molecule has 2 aliphatic rings. The normalized spacial score (nSPS) is 21.2. The van der Waals surface area contributed by atoms with Crippen molar-refractivity contribution in [2.75, 3.05) is 26.2 Å². The van der Waals surface area contributed by atoms with Gasteiger partial charge in [0.1, 0.15) is 5.82 Å². The molecule has 6 nitrogen and oxygen atoms in total. The second-order valence-electron chi connectivity index (χ2n) is 6.91. The van der Waals surface area contributed by atoms with Gasteiger partial charge < -0.3 is 20.0 Å². The Balaban J connectivity index is 1.56. The van der Waals surface area contributed by atoms with Crippen LogP contribution in [0.5, 0.6) is 0 Å². The van der Waals surface area contributed by atoms with Crippen LogP contribution < -0.4 is 0 Å². The summed E-state index contributed by atoms with van der Waals surface area (Å²) in [6.07, 6.45) is 1.76. The number of hydrogen-bond acceptors (Lipinski definition) is 3. The summed E-state index contributed by atoms with van der Waals surface area (Å²) in [5, 5.41) is 19.8. The molecule has 136 valence electrons. The Hall–Kier alpha value is -2.15. The molecule has 2 aliphatic heterocycles. The van der Waals surface area contributed by atoms with Gasteiger partial charge >= 0.3 is 12.0 Å². The molecule has 7 heteroatoms. The van der Waals surface area contributed by atoms with Crippen LogP contribution in [0.25, 0.3) is 0 Å². The van der Waals surface area contributed by atoms with Crippen molar-refractivity contribution in [1.82, 2.24) is 9.80 Å². The van der Waals surface area contributed by atoms with Gasteiger partial charge in [0.2, 0.25) is 0 Å². The first-order valence-electron chi connectivity index (χ1n) is 8.64. The van der Waals surface area contributed by atoms with Crippen molar-refractivity contribution >= 4 is 12.0 Å². The summed E-state index contributed by atoms with van der Waals surface area (Å²) in [7, 11) is 0. The summed E-state index contributed by atoms with van der Waals surface area (Å²) in [6.45, 7) is 1.75. The highest BCUT2D eigenvalue weighted by atomic mass is 19.1. The predicted octanol–water partition coefficient (Wildman–Crippen LogP) is 2.03. The van der Waals surface area contributed by atoms with E-state index >= 15 is 0 Å². The third kappa shape index (κ3) is 3.76. The van der Waals surface area contributed by atoms with Crippen LogP contribution in [0.15, 0.2) is 24.3 Å². The fraction of sp³-hybridized carbons (Fsp3) is 0.556. The van der Waals surface area contributed by atoms with Gasteiger partial charge in [0.15, 0.2) is 0 Å². The number of amides is 2. The van der Waals surface area contributed by atoms with Crippen molar-refractivity contribution in [1.29, 1.82) is 0 Å².